The van der Waals surface area contributed by atoms with Crippen molar-refractivity contribution < 1.29 is 4.74 Å². The van der Waals surface area contributed by atoms with Crippen molar-refractivity contribution in [3.63, 3.8) is 0 Å². The van der Waals surface area contributed by atoms with E-state index in [0.29, 0.717) is 5.41 Å². The average molecular weight is 268 g/mol. The molecule has 1 N–H and O–H groups in total. The fourth-order valence-corrected chi connectivity index (χ4v) is 3.93. The molecule has 3 heteroatoms. The fourth-order valence-electron chi connectivity index (χ4n) is 3.93. The molecule has 0 aliphatic carbocycles. The zero-order valence-corrected chi connectivity index (χ0v) is 12.9. The second-order valence-corrected chi connectivity index (χ2v) is 6.55. The number of nitrogens with zero attached hydrogens (tertiary/aromatic N) is 1. The Hall–Kier alpha value is -0.120. The van der Waals surface area contributed by atoms with Crippen LogP contribution in [0.3, 0.4) is 0 Å². The largest absolute Gasteiger partial charge is 0.381 e. The van der Waals surface area contributed by atoms with Gasteiger partial charge in [0, 0.05) is 32.3 Å². The van der Waals surface area contributed by atoms with Crippen LogP contribution in [0.5, 0.6) is 0 Å². The number of likely N-dealkylation sites (tertiary alicyclic amines) is 1. The third kappa shape index (κ3) is 4.17. The standard InChI is InChI=1S/C16H32N2O/c1-3-6-15-7-4-5-10-18(15)14-16(13-17-2)8-11-19-12-9-16/h15,17H,3-14H2,1-2H3. The van der Waals surface area contributed by atoms with Crippen LogP contribution in [0.25, 0.3) is 0 Å². The van der Waals surface area contributed by atoms with Crippen LogP contribution in [0.2, 0.25) is 0 Å². The highest BCUT2D eigenvalue weighted by molar-refractivity contribution is 4.89. The van der Waals surface area contributed by atoms with Gasteiger partial charge in [-0.1, -0.05) is 19.8 Å². The summed E-state index contributed by atoms with van der Waals surface area (Å²) in [6, 6.07) is 0.843. The van der Waals surface area contributed by atoms with Gasteiger partial charge in [-0.15, -0.1) is 0 Å². The Morgan fingerprint density at radius 3 is 2.74 bits per heavy atom. The Bertz CT molecular complexity index is 244. The Morgan fingerprint density at radius 2 is 2.05 bits per heavy atom. The van der Waals surface area contributed by atoms with Gasteiger partial charge in [0.05, 0.1) is 0 Å². The van der Waals surface area contributed by atoms with E-state index in [9.17, 15) is 0 Å². The van der Waals surface area contributed by atoms with Gasteiger partial charge < -0.3 is 10.1 Å². The first-order chi connectivity index (χ1) is 9.29. The third-order valence-corrected chi connectivity index (χ3v) is 5.01. The summed E-state index contributed by atoms with van der Waals surface area (Å²) in [5.74, 6) is 0. The SMILES string of the molecule is CCCC1CCCCN1CC1(CNC)CCOCC1. The third-order valence-electron chi connectivity index (χ3n) is 5.01. The van der Waals surface area contributed by atoms with Gasteiger partial charge in [-0.2, -0.15) is 0 Å². The van der Waals surface area contributed by atoms with Crippen LogP contribution in [0.1, 0.15) is 51.9 Å². The molecule has 2 fully saturated rings. The van der Waals surface area contributed by atoms with E-state index in [4.69, 9.17) is 4.74 Å². The molecular weight excluding hydrogens is 236 g/mol. The molecule has 3 nitrogen and oxygen atoms in total. The first-order valence-electron chi connectivity index (χ1n) is 8.26. The molecule has 2 heterocycles. The Morgan fingerprint density at radius 1 is 1.26 bits per heavy atom. The first kappa shape index (κ1) is 15.3. The summed E-state index contributed by atoms with van der Waals surface area (Å²) in [5.41, 5.74) is 0.455. The molecule has 2 saturated heterocycles. The van der Waals surface area contributed by atoms with Crippen LogP contribution in [0.15, 0.2) is 0 Å². The van der Waals surface area contributed by atoms with Crippen LogP contribution in [0, 0.1) is 5.41 Å². The van der Waals surface area contributed by atoms with Crippen LogP contribution in [-0.4, -0.2) is 50.8 Å². The quantitative estimate of drug-likeness (QED) is 0.801. The van der Waals surface area contributed by atoms with E-state index in [1.807, 2.05) is 0 Å². The van der Waals surface area contributed by atoms with Crippen molar-refractivity contribution in [2.45, 2.75) is 57.9 Å². The van der Waals surface area contributed by atoms with Crippen LogP contribution < -0.4 is 5.32 Å². The van der Waals surface area contributed by atoms with E-state index in [-0.39, 0.29) is 0 Å². The van der Waals surface area contributed by atoms with Gasteiger partial charge >= 0.3 is 0 Å². The van der Waals surface area contributed by atoms with E-state index in [1.165, 1.54) is 58.0 Å². The molecule has 0 aromatic carbocycles. The molecule has 2 rings (SSSR count). The normalized spacial score (nSPS) is 28.4. The van der Waals surface area contributed by atoms with E-state index in [1.54, 1.807) is 0 Å². The second kappa shape index (κ2) is 7.61. The number of piperidine rings is 1. The van der Waals surface area contributed by atoms with Crippen molar-refractivity contribution in [2.24, 2.45) is 5.41 Å². The Labute approximate surface area is 119 Å². The summed E-state index contributed by atoms with van der Waals surface area (Å²) in [6.07, 6.45) is 9.40. The van der Waals surface area contributed by atoms with Crippen molar-refractivity contribution in [3.05, 3.63) is 0 Å². The lowest BCUT2D eigenvalue weighted by molar-refractivity contribution is -0.0175. The lowest BCUT2D eigenvalue weighted by atomic mass is 9.78. The Balaban J connectivity index is 1.97. The van der Waals surface area contributed by atoms with Crippen molar-refractivity contribution in [3.8, 4) is 0 Å². The highest BCUT2D eigenvalue weighted by atomic mass is 16.5. The van der Waals surface area contributed by atoms with Gasteiger partial charge in [0.15, 0.2) is 0 Å². The monoisotopic (exact) mass is 268 g/mol. The molecule has 0 saturated carbocycles. The van der Waals surface area contributed by atoms with E-state index >= 15 is 0 Å². The molecule has 0 bridgehead atoms. The lowest BCUT2D eigenvalue weighted by Gasteiger charge is -2.45. The summed E-state index contributed by atoms with van der Waals surface area (Å²) in [6.45, 7) is 7.97. The summed E-state index contributed by atoms with van der Waals surface area (Å²) >= 11 is 0. The number of ether oxygens (including phenoxy) is 1. The molecule has 0 spiro atoms. The van der Waals surface area contributed by atoms with Gasteiger partial charge in [-0.25, -0.2) is 0 Å². The zero-order valence-electron chi connectivity index (χ0n) is 12.9. The molecule has 0 aromatic rings. The number of nitrogens with one attached hydrogen (secondary N) is 1. The van der Waals surface area contributed by atoms with E-state index in [0.717, 1.165) is 25.8 Å². The molecule has 2 aliphatic rings. The Kier molecular flexibility index (Phi) is 6.11. The summed E-state index contributed by atoms with van der Waals surface area (Å²) in [7, 11) is 2.09. The second-order valence-electron chi connectivity index (χ2n) is 6.55. The van der Waals surface area contributed by atoms with Gasteiger partial charge in [-0.3, -0.25) is 4.90 Å². The van der Waals surface area contributed by atoms with Gasteiger partial charge in [0.25, 0.3) is 0 Å². The molecule has 1 unspecified atom stereocenters. The van der Waals surface area contributed by atoms with Gasteiger partial charge in [-0.05, 0) is 51.1 Å². The minimum Gasteiger partial charge on any atom is -0.381 e. The van der Waals surface area contributed by atoms with E-state index in [2.05, 4.69) is 24.2 Å². The maximum Gasteiger partial charge on any atom is 0.0472 e. The minimum absolute atomic E-state index is 0.455. The van der Waals surface area contributed by atoms with Crippen molar-refractivity contribution in [2.75, 3.05) is 39.9 Å². The molecule has 112 valence electrons. The maximum absolute atomic E-state index is 5.59. The molecular formula is C16H32N2O. The number of rotatable bonds is 6. The molecule has 0 radical (unpaired) electrons. The smallest absolute Gasteiger partial charge is 0.0472 e. The highest BCUT2D eigenvalue weighted by Crippen LogP contribution is 2.33. The highest BCUT2D eigenvalue weighted by Gasteiger charge is 2.36. The first-order valence-corrected chi connectivity index (χ1v) is 8.26. The van der Waals surface area contributed by atoms with Crippen molar-refractivity contribution in [1.29, 1.82) is 0 Å². The zero-order chi connectivity index (χ0) is 13.6. The van der Waals surface area contributed by atoms with Crippen LogP contribution in [-0.2, 0) is 4.74 Å². The predicted octanol–water partition coefficient (Wildman–Crippen LogP) is 2.66. The molecule has 0 amide bonds. The molecule has 19 heavy (non-hydrogen) atoms. The lowest BCUT2D eigenvalue weighted by Crippen LogP contribution is -2.51. The minimum atomic E-state index is 0.455. The van der Waals surface area contributed by atoms with Crippen molar-refractivity contribution in [1.82, 2.24) is 10.2 Å². The molecule has 2 aliphatic heterocycles. The van der Waals surface area contributed by atoms with E-state index < -0.39 is 0 Å². The van der Waals surface area contributed by atoms with Gasteiger partial charge in [0.1, 0.15) is 0 Å². The van der Waals surface area contributed by atoms with Crippen LogP contribution >= 0.6 is 0 Å². The average Bonchev–Trinajstić information content (AvgIpc) is 2.43. The number of hydrogen-bond acceptors (Lipinski definition) is 3. The maximum atomic E-state index is 5.59. The predicted molar refractivity (Wildman–Crippen MR) is 80.5 cm³/mol. The number of hydrogen-bond donors (Lipinski definition) is 1. The summed E-state index contributed by atoms with van der Waals surface area (Å²) < 4.78 is 5.59. The fraction of sp³-hybridized carbons (Fsp3) is 1.00. The summed E-state index contributed by atoms with van der Waals surface area (Å²) in [5, 5.41) is 3.43. The summed E-state index contributed by atoms with van der Waals surface area (Å²) in [4.78, 5) is 2.80. The van der Waals surface area contributed by atoms with Crippen molar-refractivity contribution >= 4 is 0 Å². The topological polar surface area (TPSA) is 24.5 Å². The van der Waals surface area contributed by atoms with Gasteiger partial charge in [0.2, 0.25) is 0 Å². The molecule has 1 atom stereocenters. The van der Waals surface area contributed by atoms with Crippen LogP contribution in [0.4, 0.5) is 0 Å². The molecule has 0 aromatic heterocycles.